The molecule has 0 atom stereocenters. The van der Waals surface area contributed by atoms with Crippen molar-refractivity contribution in [2.75, 3.05) is 0 Å². The lowest BCUT2D eigenvalue weighted by Crippen LogP contribution is -1.91. The molecule has 0 unspecified atom stereocenters. The maximum Gasteiger partial charge on any atom is 0.150 e. The molecule has 0 saturated carbocycles. The van der Waals surface area contributed by atoms with Crippen molar-refractivity contribution in [2.24, 2.45) is 0 Å². The van der Waals surface area contributed by atoms with Crippen LogP contribution in [-0.2, 0) is 4.79 Å². The van der Waals surface area contributed by atoms with Crippen LogP contribution in [0.3, 0.4) is 0 Å². The van der Waals surface area contributed by atoms with Gasteiger partial charge in [0.05, 0.1) is 0 Å². The van der Waals surface area contributed by atoms with Crippen LogP contribution in [0.15, 0.2) is 42.5 Å². The van der Waals surface area contributed by atoms with Crippen molar-refractivity contribution in [3.8, 4) is 0 Å². The number of benzene rings is 2. The Balaban J connectivity index is 2.53. The monoisotopic (exact) mass is 250 g/mol. The van der Waals surface area contributed by atoms with Gasteiger partial charge in [-0.05, 0) is 49.1 Å². The molecule has 0 bridgehead atoms. The number of aldehydes is 1. The maximum absolute atomic E-state index is 11.3. The molecule has 1 nitrogen and oxygen atoms in total. The summed E-state index contributed by atoms with van der Waals surface area (Å²) in [5, 5.41) is 0. The fourth-order valence-electron chi connectivity index (χ4n) is 2.39. The first-order valence-electron chi connectivity index (χ1n) is 6.42. The van der Waals surface area contributed by atoms with E-state index >= 15 is 0 Å². The number of hydrogen-bond donors (Lipinski definition) is 0. The highest BCUT2D eigenvalue weighted by molar-refractivity contribution is 6.13. The van der Waals surface area contributed by atoms with E-state index in [1.165, 1.54) is 16.7 Å². The van der Waals surface area contributed by atoms with Crippen molar-refractivity contribution in [3.63, 3.8) is 0 Å². The Bertz CT molecular complexity index is 598. The summed E-state index contributed by atoms with van der Waals surface area (Å²) in [7, 11) is 0. The van der Waals surface area contributed by atoms with E-state index in [-0.39, 0.29) is 0 Å². The Hall–Kier alpha value is -2.15. The van der Waals surface area contributed by atoms with Gasteiger partial charge in [-0.15, -0.1) is 0 Å². The SMILES string of the molecule is Cc1cc(C)c(C=C(C=O)c2ccccc2)c(C)c1. The molecule has 0 amide bonds. The quantitative estimate of drug-likeness (QED) is 0.449. The van der Waals surface area contributed by atoms with Crippen LogP contribution in [0.25, 0.3) is 11.6 Å². The zero-order valence-electron chi connectivity index (χ0n) is 11.6. The second-order valence-electron chi connectivity index (χ2n) is 4.90. The van der Waals surface area contributed by atoms with Crippen molar-refractivity contribution < 1.29 is 4.79 Å². The summed E-state index contributed by atoms with van der Waals surface area (Å²) in [6.45, 7) is 6.25. The predicted octanol–water partition coefficient (Wildman–Crippen LogP) is 4.35. The van der Waals surface area contributed by atoms with Gasteiger partial charge in [0, 0.05) is 5.57 Å². The Morgan fingerprint density at radius 2 is 1.53 bits per heavy atom. The Morgan fingerprint density at radius 1 is 0.947 bits per heavy atom. The molecule has 0 aromatic heterocycles. The van der Waals surface area contributed by atoms with E-state index in [4.69, 9.17) is 0 Å². The lowest BCUT2D eigenvalue weighted by molar-refractivity contribution is -0.103. The van der Waals surface area contributed by atoms with E-state index in [1.807, 2.05) is 36.4 Å². The summed E-state index contributed by atoms with van der Waals surface area (Å²) in [6, 6.07) is 14.0. The van der Waals surface area contributed by atoms with Gasteiger partial charge in [0.1, 0.15) is 0 Å². The molecular formula is C18H18O. The molecule has 0 saturated heterocycles. The minimum atomic E-state index is 0.718. The maximum atomic E-state index is 11.3. The Labute approximate surface area is 114 Å². The molecule has 2 rings (SSSR count). The van der Waals surface area contributed by atoms with Gasteiger partial charge in [-0.2, -0.15) is 0 Å². The smallest absolute Gasteiger partial charge is 0.150 e. The number of allylic oxidation sites excluding steroid dienone is 1. The number of carbonyl (C=O) groups excluding carboxylic acids is 1. The molecule has 0 radical (unpaired) electrons. The van der Waals surface area contributed by atoms with E-state index in [0.29, 0.717) is 0 Å². The summed E-state index contributed by atoms with van der Waals surface area (Å²) < 4.78 is 0. The highest BCUT2D eigenvalue weighted by Gasteiger charge is 2.05. The normalized spacial score (nSPS) is 11.4. The molecule has 0 aliphatic heterocycles. The molecule has 1 heteroatoms. The fourth-order valence-corrected chi connectivity index (χ4v) is 2.39. The molecule has 96 valence electrons. The third-order valence-electron chi connectivity index (χ3n) is 3.27. The van der Waals surface area contributed by atoms with Crippen LogP contribution in [0.5, 0.6) is 0 Å². The van der Waals surface area contributed by atoms with E-state index < -0.39 is 0 Å². The lowest BCUT2D eigenvalue weighted by atomic mass is 9.96. The standard InChI is InChI=1S/C18H18O/c1-13-9-14(2)18(15(3)10-13)11-17(12-19)16-7-5-4-6-8-16/h4-12H,1-3H3. The second-order valence-corrected chi connectivity index (χ2v) is 4.90. The summed E-state index contributed by atoms with van der Waals surface area (Å²) in [5.74, 6) is 0. The van der Waals surface area contributed by atoms with Crippen LogP contribution >= 0.6 is 0 Å². The van der Waals surface area contributed by atoms with Gasteiger partial charge < -0.3 is 0 Å². The van der Waals surface area contributed by atoms with Crippen molar-refractivity contribution in [1.29, 1.82) is 0 Å². The summed E-state index contributed by atoms with van der Waals surface area (Å²) >= 11 is 0. The summed E-state index contributed by atoms with van der Waals surface area (Å²) in [5.41, 5.74) is 6.46. The highest BCUT2D eigenvalue weighted by atomic mass is 16.1. The fraction of sp³-hybridized carbons (Fsp3) is 0.167. The van der Waals surface area contributed by atoms with Crippen molar-refractivity contribution in [3.05, 3.63) is 70.3 Å². The molecule has 19 heavy (non-hydrogen) atoms. The largest absolute Gasteiger partial charge is 0.298 e. The van der Waals surface area contributed by atoms with E-state index in [2.05, 4.69) is 32.9 Å². The second kappa shape index (κ2) is 5.66. The number of rotatable bonds is 3. The molecule has 0 aliphatic carbocycles. The zero-order valence-corrected chi connectivity index (χ0v) is 11.6. The number of aryl methyl sites for hydroxylation is 3. The Kier molecular flexibility index (Phi) is 3.96. The van der Waals surface area contributed by atoms with Gasteiger partial charge in [-0.25, -0.2) is 0 Å². The average Bonchev–Trinajstić information content (AvgIpc) is 2.39. The first-order chi connectivity index (χ1) is 9.11. The first-order valence-corrected chi connectivity index (χ1v) is 6.42. The molecular weight excluding hydrogens is 232 g/mol. The van der Waals surface area contributed by atoms with Crippen LogP contribution in [0.2, 0.25) is 0 Å². The van der Waals surface area contributed by atoms with Gasteiger partial charge in [0.2, 0.25) is 0 Å². The van der Waals surface area contributed by atoms with Gasteiger partial charge in [0.25, 0.3) is 0 Å². The average molecular weight is 250 g/mol. The predicted molar refractivity (Wildman–Crippen MR) is 81.0 cm³/mol. The minimum Gasteiger partial charge on any atom is -0.298 e. The molecule has 0 N–H and O–H groups in total. The number of hydrogen-bond acceptors (Lipinski definition) is 1. The molecule has 0 fully saturated rings. The van der Waals surface area contributed by atoms with Crippen molar-refractivity contribution in [2.45, 2.75) is 20.8 Å². The zero-order chi connectivity index (χ0) is 13.8. The van der Waals surface area contributed by atoms with Crippen molar-refractivity contribution >= 4 is 17.9 Å². The van der Waals surface area contributed by atoms with E-state index in [0.717, 1.165) is 23.0 Å². The summed E-state index contributed by atoms with van der Waals surface area (Å²) in [4.78, 5) is 11.3. The first kappa shape index (κ1) is 13.3. The van der Waals surface area contributed by atoms with Crippen molar-refractivity contribution in [1.82, 2.24) is 0 Å². The third-order valence-corrected chi connectivity index (χ3v) is 3.27. The molecule has 2 aromatic rings. The van der Waals surface area contributed by atoms with Crippen LogP contribution < -0.4 is 0 Å². The topological polar surface area (TPSA) is 17.1 Å². The molecule has 0 aliphatic rings. The van der Waals surface area contributed by atoms with Gasteiger partial charge >= 0.3 is 0 Å². The van der Waals surface area contributed by atoms with Crippen LogP contribution in [0.4, 0.5) is 0 Å². The van der Waals surface area contributed by atoms with E-state index in [1.54, 1.807) is 0 Å². The van der Waals surface area contributed by atoms with Gasteiger partial charge in [0.15, 0.2) is 6.29 Å². The lowest BCUT2D eigenvalue weighted by Gasteiger charge is -2.09. The molecule has 2 aromatic carbocycles. The summed E-state index contributed by atoms with van der Waals surface area (Å²) in [6.07, 6.45) is 2.90. The minimum absolute atomic E-state index is 0.718. The number of carbonyl (C=O) groups is 1. The van der Waals surface area contributed by atoms with Gasteiger partial charge in [-0.1, -0.05) is 48.0 Å². The third kappa shape index (κ3) is 3.00. The van der Waals surface area contributed by atoms with Crippen LogP contribution in [0, 0.1) is 20.8 Å². The highest BCUT2D eigenvalue weighted by Crippen LogP contribution is 2.22. The van der Waals surface area contributed by atoms with Crippen LogP contribution in [0.1, 0.15) is 27.8 Å². The van der Waals surface area contributed by atoms with Gasteiger partial charge in [-0.3, -0.25) is 4.79 Å². The molecule has 0 spiro atoms. The van der Waals surface area contributed by atoms with Crippen LogP contribution in [-0.4, -0.2) is 6.29 Å². The van der Waals surface area contributed by atoms with E-state index in [9.17, 15) is 4.79 Å². The Morgan fingerprint density at radius 3 is 2.05 bits per heavy atom. The molecule has 0 heterocycles.